The lowest BCUT2D eigenvalue weighted by molar-refractivity contribution is -0.897. The largest absolute Gasteiger partial charge is 0.490 e. The minimum atomic E-state index is -0.102. The van der Waals surface area contributed by atoms with Crippen LogP contribution >= 0.6 is 0 Å². The SMILES string of the molecule is CCOC(=O)C1CC[NH+](CC(=O)N[C@H](c2ccc3c(c2)OCCCO3)C(C)C)CC1. The lowest BCUT2D eigenvalue weighted by Crippen LogP contribution is -3.14. The quantitative estimate of drug-likeness (QED) is 0.656. The smallest absolute Gasteiger partial charge is 0.309 e. The van der Waals surface area contributed by atoms with E-state index in [1.165, 1.54) is 4.90 Å². The standard InChI is InChI=1S/C23H34N2O5/c1-4-28-23(27)17-8-10-25(11-9-17)15-21(26)24-22(16(2)3)18-6-7-19-20(14-18)30-13-5-12-29-19/h6-7,14,16-17,22H,4-5,8-13,15H2,1-3H3,(H,24,26)/p+1/t22-/m0/s1. The van der Waals surface area contributed by atoms with E-state index in [-0.39, 0.29) is 29.8 Å². The van der Waals surface area contributed by atoms with E-state index in [2.05, 4.69) is 19.2 Å². The zero-order chi connectivity index (χ0) is 21.5. The second-order valence-electron chi connectivity index (χ2n) is 8.50. The summed E-state index contributed by atoms with van der Waals surface area (Å²) in [6.07, 6.45) is 2.42. The molecule has 1 saturated heterocycles. The van der Waals surface area contributed by atoms with E-state index >= 15 is 0 Å². The summed E-state index contributed by atoms with van der Waals surface area (Å²) in [6.45, 7) is 9.80. The Morgan fingerprint density at radius 1 is 1.17 bits per heavy atom. The van der Waals surface area contributed by atoms with Gasteiger partial charge in [-0.1, -0.05) is 19.9 Å². The van der Waals surface area contributed by atoms with Gasteiger partial charge in [0, 0.05) is 19.3 Å². The van der Waals surface area contributed by atoms with Crippen molar-refractivity contribution in [1.29, 1.82) is 0 Å². The van der Waals surface area contributed by atoms with Crippen molar-refractivity contribution in [2.24, 2.45) is 11.8 Å². The molecular formula is C23H35N2O5+. The second-order valence-corrected chi connectivity index (χ2v) is 8.50. The molecule has 1 fully saturated rings. The monoisotopic (exact) mass is 419 g/mol. The number of carbonyl (C=O) groups excluding carboxylic acids is 2. The molecule has 30 heavy (non-hydrogen) atoms. The topological polar surface area (TPSA) is 78.3 Å². The molecular weight excluding hydrogens is 384 g/mol. The Balaban J connectivity index is 1.56. The summed E-state index contributed by atoms with van der Waals surface area (Å²) in [7, 11) is 0. The van der Waals surface area contributed by atoms with Crippen molar-refractivity contribution >= 4 is 11.9 Å². The molecule has 0 aromatic heterocycles. The van der Waals surface area contributed by atoms with Gasteiger partial charge in [0.1, 0.15) is 0 Å². The number of rotatable bonds is 7. The van der Waals surface area contributed by atoms with E-state index in [0.717, 1.165) is 49.4 Å². The summed E-state index contributed by atoms with van der Waals surface area (Å²) < 4.78 is 16.7. The Bertz CT molecular complexity index is 728. The van der Waals surface area contributed by atoms with E-state index < -0.39 is 0 Å². The van der Waals surface area contributed by atoms with Crippen LogP contribution < -0.4 is 19.7 Å². The molecule has 1 aromatic carbocycles. The average Bonchev–Trinajstić information content (AvgIpc) is 2.97. The van der Waals surface area contributed by atoms with Crippen LogP contribution in [0.2, 0.25) is 0 Å². The maximum absolute atomic E-state index is 12.8. The minimum absolute atomic E-state index is 0.0260. The lowest BCUT2D eigenvalue weighted by atomic mass is 9.95. The molecule has 0 radical (unpaired) electrons. The molecule has 3 rings (SSSR count). The Labute approximate surface area is 179 Å². The molecule has 2 aliphatic rings. The van der Waals surface area contributed by atoms with Crippen LogP contribution in [-0.4, -0.2) is 51.3 Å². The number of ether oxygens (including phenoxy) is 3. The van der Waals surface area contributed by atoms with Gasteiger partial charge in [-0.05, 0) is 30.5 Å². The summed E-state index contributed by atoms with van der Waals surface area (Å²) in [5, 5.41) is 3.21. The van der Waals surface area contributed by atoms with Gasteiger partial charge >= 0.3 is 5.97 Å². The molecule has 2 aliphatic heterocycles. The van der Waals surface area contributed by atoms with Crippen molar-refractivity contribution in [3.63, 3.8) is 0 Å². The maximum atomic E-state index is 12.8. The summed E-state index contributed by atoms with van der Waals surface area (Å²) in [5.41, 5.74) is 1.03. The van der Waals surface area contributed by atoms with Gasteiger partial charge in [0.15, 0.2) is 18.0 Å². The fourth-order valence-electron chi connectivity index (χ4n) is 4.16. The molecule has 2 heterocycles. The summed E-state index contributed by atoms with van der Waals surface area (Å²) in [5.74, 6) is 1.65. The van der Waals surface area contributed by atoms with Crippen LogP contribution in [0.3, 0.4) is 0 Å². The van der Waals surface area contributed by atoms with Crippen LogP contribution in [0.4, 0.5) is 0 Å². The van der Waals surface area contributed by atoms with Crippen molar-refractivity contribution in [3.05, 3.63) is 23.8 Å². The van der Waals surface area contributed by atoms with E-state index in [1.807, 2.05) is 25.1 Å². The number of piperidine rings is 1. The fourth-order valence-corrected chi connectivity index (χ4v) is 4.16. The number of amides is 1. The van der Waals surface area contributed by atoms with Crippen molar-refractivity contribution in [3.8, 4) is 11.5 Å². The molecule has 7 nitrogen and oxygen atoms in total. The van der Waals surface area contributed by atoms with Gasteiger partial charge in [0.2, 0.25) is 0 Å². The molecule has 2 N–H and O–H groups in total. The highest BCUT2D eigenvalue weighted by Gasteiger charge is 2.30. The normalized spacial score (nSPS) is 22.1. The molecule has 0 aliphatic carbocycles. The van der Waals surface area contributed by atoms with Crippen LogP contribution in [0, 0.1) is 11.8 Å². The Morgan fingerprint density at radius 3 is 2.53 bits per heavy atom. The number of hydrogen-bond acceptors (Lipinski definition) is 5. The van der Waals surface area contributed by atoms with Gasteiger partial charge in [-0.3, -0.25) is 9.59 Å². The number of likely N-dealkylation sites (tertiary alicyclic amines) is 1. The molecule has 0 unspecified atom stereocenters. The zero-order valence-corrected chi connectivity index (χ0v) is 18.4. The maximum Gasteiger partial charge on any atom is 0.309 e. The molecule has 166 valence electrons. The van der Waals surface area contributed by atoms with Gasteiger partial charge < -0.3 is 24.4 Å². The third kappa shape index (κ3) is 5.88. The molecule has 1 atom stereocenters. The van der Waals surface area contributed by atoms with Crippen molar-refractivity contribution < 1.29 is 28.7 Å². The summed E-state index contributed by atoms with van der Waals surface area (Å²) in [6, 6.07) is 5.84. The van der Waals surface area contributed by atoms with Crippen molar-refractivity contribution in [2.45, 2.75) is 46.1 Å². The highest BCUT2D eigenvalue weighted by molar-refractivity contribution is 5.77. The first-order chi connectivity index (χ1) is 14.5. The number of benzene rings is 1. The van der Waals surface area contributed by atoms with Crippen molar-refractivity contribution in [1.82, 2.24) is 5.32 Å². The number of carbonyl (C=O) groups is 2. The first-order valence-electron chi connectivity index (χ1n) is 11.2. The van der Waals surface area contributed by atoms with Crippen molar-refractivity contribution in [2.75, 3.05) is 39.5 Å². The number of fused-ring (bicyclic) bond motifs is 1. The Morgan fingerprint density at radius 2 is 1.87 bits per heavy atom. The molecule has 1 aromatic rings. The number of hydrogen-bond donors (Lipinski definition) is 2. The predicted octanol–water partition coefficient (Wildman–Crippen LogP) is 1.52. The van der Waals surface area contributed by atoms with Gasteiger partial charge in [0.05, 0.1) is 44.9 Å². The van der Waals surface area contributed by atoms with Gasteiger partial charge in [-0.2, -0.15) is 0 Å². The molecule has 0 saturated carbocycles. The van der Waals surface area contributed by atoms with Crippen LogP contribution in [0.25, 0.3) is 0 Å². The molecule has 0 bridgehead atoms. The van der Waals surface area contributed by atoms with E-state index in [4.69, 9.17) is 14.2 Å². The zero-order valence-electron chi connectivity index (χ0n) is 18.4. The number of nitrogens with one attached hydrogen (secondary N) is 2. The molecule has 1 amide bonds. The number of quaternary nitrogens is 1. The average molecular weight is 420 g/mol. The van der Waals surface area contributed by atoms with Gasteiger partial charge in [0.25, 0.3) is 5.91 Å². The second kappa shape index (κ2) is 10.7. The molecule has 0 spiro atoms. The Hall–Kier alpha value is -2.28. The van der Waals surface area contributed by atoms with Gasteiger partial charge in [-0.15, -0.1) is 0 Å². The van der Waals surface area contributed by atoms with Crippen LogP contribution in [0.1, 0.15) is 51.6 Å². The molecule has 7 heteroatoms. The highest BCUT2D eigenvalue weighted by Crippen LogP contribution is 2.34. The third-order valence-corrected chi connectivity index (χ3v) is 5.84. The van der Waals surface area contributed by atoms with E-state index in [0.29, 0.717) is 26.4 Å². The Kier molecular flexibility index (Phi) is 7.96. The third-order valence-electron chi connectivity index (χ3n) is 5.84. The van der Waals surface area contributed by atoms with E-state index in [1.54, 1.807) is 0 Å². The summed E-state index contributed by atoms with van der Waals surface area (Å²) in [4.78, 5) is 25.9. The minimum Gasteiger partial charge on any atom is -0.490 e. The van der Waals surface area contributed by atoms with Crippen LogP contribution in [0.5, 0.6) is 11.5 Å². The van der Waals surface area contributed by atoms with E-state index in [9.17, 15) is 9.59 Å². The van der Waals surface area contributed by atoms with Crippen LogP contribution in [0.15, 0.2) is 18.2 Å². The van der Waals surface area contributed by atoms with Crippen LogP contribution in [-0.2, 0) is 14.3 Å². The highest BCUT2D eigenvalue weighted by atomic mass is 16.5. The first kappa shape index (κ1) is 22.4. The first-order valence-corrected chi connectivity index (χ1v) is 11.2. The fraction of sp³-hybridized carbons (Fsp3) is 0.652. The summed E-state index contributed by atoms with van der Waals surface area (Å²) >= 11 is 0. The predicted molar refractivity (Wildman–Crippen MR) is 113 cm³/mol. The van der Waals surface area contributed by atoms with Gasteiger partial charge in [-0.25, -0.2) is 0 Å². The lowest BCUT2D eigenvalue weighted by Gasteiger charge is -2.29. The number of esters is 1.